The maximum absolute atomic E-state index is 3.46. The highest BCUT2D eigenvalue weighted by Crippen LogP contribution is 2.08. The van der Waals surface area contributed by atoms with E-state index in [9.17, 15) is 0 Å². The van der Waals surface area contributed by atoms with E-state index in [2.05, 4.69) is 48.8 Å². The van der Waals surface area contributed by atoms with Crippen LogP contribution in [0.3, 0.4) is 0 Å². The summed E-state index contributed by atoms with van der Waals surface area (Å²) in [5.74, 6) is 0. The lowest BCUT2D eigenvalue weighted by atomic mass is 10.4. The van der Waals surface area contributed by atoms with Gasteiger partial charge in [-0.2, -0.15) is 0 Å². The van der Waals surface area contributed by atoms with Crippen molar-refractivity contribution in [3.63, 3.8) is 0 Å². The SMILES string of the molecule is [Si]c1cc(Br)ccc1I. The second-order valence-electron chi connectivity index (χ2n) is 1.62. The van der Waals surface area contributed by atoms with Gasteiger partial charge in [-0.1, -0.05) is 21.1 Å². The molecule has 0 N–H and O–H groups in total. The first-order chi connectivity index (χ1) is 4.20. The number of hydrogen-bond donors (Lipinski definition) is 0. The molecule has 0 heterocycles. The van der Waals surface area contributed by atoms with Gasteiger partial charge in [-0.15, -0.1) is 0 Å². The Hall–Kier alpha value is 0.647. The van der Waals surface area contributed by atoms with E-state index < -0.39 is 0 Å². The lowest BCUT2D eigenvalue weighted by Gasteiger charge is -1.95. The molecule has 0 unspecified atom stereocenters. The van der Waals surface area contributed by atoms with Crippen LogP contribution in [0.4, 0.5) is 0 Å². The van der Waals surface area contributed by atoms with Crippen LogP contribution in [0.25, 0.3) is 0 Å². The van der Waals surface area contributed by atoms with Gasteiger partial charge in [0.15, 0.2) is 0 Å². The monoisotopic (exact) mass is 309 g/mol. The Bertz CT molecular complexity index is 224. The summed E-state index contributed by atoms with van der Waals surface area (Å²) in [5, 5.41) is 1.13. The zero-order valence-electron chi connectivity index (χ0n) is 4.49. The highest BCUT2D eigenvalue weighted by molar-refractivity contribution is 14.1. The molecule has 0 saturated heterocycles. The summed E-state index contributed by atoms with van der Waals surface area (Å²) in [5.41, 5.74) is 0. The summed E-state index contributed by atoms with van der Waals surface area (Å²) in [6.45, 7) is 0. The van der Waals surface area contributed by atoms with Crippen molar-refractivity contribution < 1.29 is 0 Å². The first-order valence-corrected chi connectivity index (χ1v) is 4.74. The quantitative estimate of drug-likeness (QED) is 0.507. The smallest absolute Gasteiger partial charge is 0.0532 e. The molecule has 0 fully saturated rings. The Labute approximate surface area is 79.7 Å². The normalized spacial score (nSPS) is 9.67. The third kappa shape index (κ3) is 2.05. The number of rotatable bonds is 0. The van der Waals surface area contributed by atoms with Gasteiger partial charge in [0.2, 0.25) is 0 Å². The van der Waals surface area contributed by atoms with E-state index in [-0.39, 0.29) is 0 Å². The second-order valence-corrected chi connectivity index (χ2v) is 4.24. The molecule has 0 spiro atoms. The highest BCUT2D eigenvalue weighted by atomic mass is 127. The minimum atomic E-state index is 1.10. The van der Waals surface area contributed by atoms with Crippen molar-refractivity contribution in [1.82, 2.24) is 0 Å². The van der Waals surface area contributed by atoms with E-state index in [1.54, 1.807) is 0 Å². The number of benzene rings is 1. The van der Waals surface area contributed by atoms with Crippen LogP contribution in [0.1, 0.15) is 0 Å². The average Bonchev–Trinajstić information content (AvgIpc) is 1.80. The molecule has 1 aromatic rings. The van der Waals surface area contributed by atoms with Crippen molar-refractivity contribution in [2.45, 2.75) is 0 Å². The Kier molecular flexibility index (Phi) is 2.72. The summed E-state index contributed by atoms with van der Waals surface area (Å²) >= 11 is 5.63. The van der Waals surface area contributed by atoms with Crippen LogP contribution >= 0.6 is 38.5 Å². The lowest BCUT2D eigenvalue weighted by molar-refractivity contribution is 1.66. The van der Waals surface area contributed by atoms with E-state index in [0.29, 0.717) is 0 Å². The van der Waals surface area contributed by atoms with Gasteiger partial charge in [0.1, 0.15) is 0 Å². The Morgan fingerprint density at radius 1 is 1.44 bits per heavy atom. The molecule has 0 aliphatic heterocycles. The molecule has 0 amide bonds. The molecule has 0 bridgehead atoms. The van der Waals surface area contributed by atoms with E-state index in [1.165, 1.54) is 3.57 Å². The van der Waals surface area contributed by atoms with Crippen LogP contribution < -0.4 is 5.19 Å². The van der Waals surface area contributed by atoms with Crippen LogP contribution in [0.15, 0.2) is 22.7 Å². The van der Waals surface area contributed by atoms with Crippen molar-refractivity contribution in [2.75, 3.05) is 0 Å². The summed E-state index contributed by atoms with van der Waals surface area (Å²) in [6.07, 6.45) is 0. The Morgan fingerprint density at radius 2 is 2.11 bits per heavy atom. The van der Waals surface area contributed by atoms with Gasteiger partial charge >= 0.3 is 0 Å². The van der Waals surface area contributed by atoms with E-state index >= 15 is 0 Å². The summed E-state index contributed by atoms with van der Waals surface area (Å²) < 4.78 is 2.33. The van der Waals surface area contributed by atoms with E-state index in [4.69, 9.17) is 0 Å². The van der Waals surface area contributed by atoms with Crippen molar-refractivity contribution in [1.29, 1.82) is 0 Å². The standard InChI is InChI=1S/C6H3BrISi/c7-4-1-2-5(8)6(9)3-4/h1-3H. The van der Waals surface area contributed by atoms with Crippen molar-refractivity contribution in [3.05, 3.63) is 26.2 Å². The third-order valence-electron chi connectivity index (χ3n) is 0.928. The Morgan fingerprint density at radius 3 is 2.56 bits per heavy atom. The van der Waals surface area contributed by atoms with Crippen LogP contribution in [-0.4, -0.2) is 10.2 Å². The van der Waals surface area contributed by atoms with Crippen molar-refractivity contribution >= 4 is 54.0 Å². The second kappa shape index (κ2) is 3.16. The van der Waals surface area contributed by atoms with Gasteiger partial charge in [-0.25, -0.2) is 0 Å². The molecule has 1 rings (SSSR count). The van der Waals surface area contributed by atoms with Crippen molar-refractivity contribution in [3.8, 4) is 0 Å². The van der Waals surface area contributed by atoms with Crippen molar-refractivity contribution in [2.24, 2.45) is 0 Å². The summed E-state index contributed by atoms with van der Waals surface area (Å²) in [4.78, 5) is 0. The molecule has 0 atom stereocenters. The third-order valence-corrected chi connectivity index (χ3v) is 3.28. The molecule has 9 heavy (non-hydrogen) atoms. The minimum absolute atomic E-state index is 1.10. The van der Waals surface area contributed by atoms with E-state index in [0.717, 1.165) is 9.66 Å². The van der Waals surface area contributed by atoms with Gasteiger partial charge in [0.25, 0.3) is 0 Å². The summed E-state index contributed by atoms with van der Waals surface area (Å²) in [6, 6.07) is 6.09. The zero-order valence-corrected chi connectivity index (χ0v) is 9.23. The molecule has 0 aromatic heterocycles. The first kappa shape index (κ1) is 7.75. The van der Waals surface area contributed by atoms with E-state index in [1.807, 2.05) is 18.2 Å². The average molecular weight is 310 g/mol. The fourth-order valence-corrected chi connectivity index (χ4v) is 1.64. The van der Waals surface area contributed by atoms with Gasteiger partial charge in [0, 0.05) is 8.04 Å². The molecule has 0 aliphatic carbocycles. The number of halogens is 2. The molecule has 3 heteroatoms. The minimum Gasteiger partial charge on any atom is -0.0532 e. The molecular weight excluding hydrogens is 307 g/mol. The predicted octanol–water partition coefficient (Wildman–Crippen LogP) is 1.85. The van der Waals surface area contributed by atoms with Crippen LogP contribution in [0.2, 0.25) is 0 Å². The fourth-order valence-electron chi connectivity index (χ4n) is 0.497. The maximum atomic E-state index is 3.46. The van der Waals surface area contributed by atoms with Crippen LogP contribution in [-0.2, 0) is 0 Å². The zero-order chi connectivity index (χ0) is 6.85. The van der Waals surface area contributed by atoms with Crippen LogP contribution in [0, 0.1) is 3.57 Å². The van der Waals surface area contributed by atoms with Crippen LogP contribution in [0.5, 0.6) is 0 Å². The predicted molar refractivity (Wildman–Crippen MR) is 52.2 cm³/mol. The van der Waals surface area contributed by atoms with Gasteiger partial charge < -0.3 is 0 Å². The summed E-state index contributed by atoms with van der Waals surface area (Å²) in [7, 11) is 3.46. The topological polar surface area (TPSA) is 0 Å². The molecule has 0 aliphatic rings. The molecule has 45 valence electrons. The molecule has 0 nitrogen and oxygen atoms in total. The first-order valence-electron chi connectivity index (χ1n) is 2.37. The fraction of sp³-hybridized carbons (Fsp3) is 0. The van der Waals surface area contributed by atoms with Gasteiger partial charge in [-0.05, 0) is 40.8 Å². The maximum Gasteiger partial charge on any atom is 0.0727 e. The molecule has 1 aromatic carbocycles. The molecule has 0 saturated carbocycles. The molecule has 3 radical (unpaired) electrons. The van der Waals surface area contributed by atoms with Gasteiger partial charge in [-0.3, -0.25) is 0 Å². The molecular formula is C6H3BrISi. The highest BCUT2D eigenvalue weighted by Gasteiger charge is 1.91. The largest absolute Gasteiger partial charge is 0.0727 e. The Balaban J connectivity index is 3.17. The lowest BCUT2D eigenvalue weighted by Crippen LogP contribution is -2.05. The number of hydrogen-bond acceptors (Lipinski definition) is 0. The van der Waals surface area contributed by atoms with Gasteiger partial charge in [0.05, 0.1) is 10.2 Å².